The minimum Gasteiger partial charge on any atom is -0.494 e. The molecule has 0 radical (unpaired) electrons. The highest BCUT2D eigenvalue weighted by molar-refractivity contribution is 7.89. The van der Waals surface area contributed by atoms with Crippen molar-refractivity contribution in [3.05, 3.63) is 48.8 Å². The maximum atomic E-state index is 12.7. The molecule has 1 aromatic carbocycles. The zero-order chi connectivity index (χ0) is 21.6. The van der Waals surface area contributed by atoms with Crippen LogP contribution in [0.5, 0.6) is 5.75 Å². The molecule has 0 saturated carbocycles. The van der Waals surface area contributed by atoms with Crippen LogP contribution in [0.4, 0.5) is 0 Å². The van der Waals surface area contributed by atoms with Crippen molar-refractivity contribution in [3.63, 3.8) is 0 Å². The van der Waals surface area contributed by atoms with Crippen LogP contribution in [0, 0.1) is 5.92 Å². The Hall–Kier alpha value is -2.01. The summed E-state index contributed by atoms with van der Waals surface area (Å²) in [7, 11) is -7.19. The summed E-state index contributed by atoms with van der Waals surface area (Å²) in [5, 5.41) is 0. The Bertz CT molecular complexity index is 1020. The SMILES string of the molecule is CCCOc1ccc(S(=O)(=O)NCC2CCN(S(=O)(=O)c3cccnc3)CC2)cc1. The van der Waals surface area contributed by atoms with Crippen LogP contribution in [-0.2, 0) is 20.0 Å². The fraction of sp³-hybridized carbons (Fsp3) is 0.450. The smallest absolute Gasteiger partial charge is 0.244 e. The van der Waals surface area contributed by atoms with Crippen molar-refractivity contribution < 1.29 is 21.6 Å². The number of benzene rings is 1. The number of hydrogen-bond donors (Lipinski definition) is 1. The van der Waals surface area contributed by atoms with Gasteiger partial charge in [0.05, 0.1) is 11.5 Å². The molecule has 0 unspecified atom stereocenters. The van der Waals surface area contributed by atoms with Gasteiger partial charge in [-0.05, 0) is 61.6 Å². The van der Waals surface area contributed by atoms with Gasteiger partial charge in [0.1, 0.15) is 10.6 Å². The summed E-state index contributed by atoms with van der Waals surface area (Å²) in [6, 6.07) is 9.46. The first-order chi connectivity index (χ1) is 14.3. The Balaban J connectivity index is 1.52. The van der Waals surface area contributed by atoms with E-state index >= 15 is 0 Å². The third kappa shape index (κ3) is 5.57. The van der Waals surface area contributed by atoms with Crippen LogP contribution in [0.15, 0.2) is 58.6 Å². The van der Waals surface area contributed by atoms with E-state index in [0.717, 1.165) is 6.42 Å². The lowest BCUT2D eigenvalue weighted by atomic mass is 9.99. The molecule has 1 aliphatic heterocycles. The maximum Gasteiger partial charge on any atom is 0.244 e. The summed E-state index contributed by atoms with van der Waals surface area (Å²) in [6.45, 7) is 3.57. The minimum absolute atomic E-state index is 0.0762. The van der Waals surface area contributed by atoms with Crippen LogP contribution in [0.3, 0.4) is 0 Å². The first kappa shape index (κ1) is 22.7. The van der Waals surface area contributed by atoms with Gasteiger partial charge in [-0.15, -0.1) is 0 Å². The minimum atomic E-state index is -3.63. The highest BCUT2D eigenvalue weighted by atomic mass is 32.2. The lowest BCUT2D eigenvalue weighted by molar-refractivity contribution is 0.274. The van der Waals surface area contributed by atoms with Gasteiger partial charge < -0.3 is 4.74 Å². The predicted octanol–water partition coefficient (Wildman–Crippen LogP) is 2.25. The van der Waals surface area contributed by atoms with Crippen LogP contribution in [0.25, 0.3) is 0 Å². The van der Waals surface area contributed by atoms with Crippen LogP contribution in [-0.4, -0.2) is 52.4 Å². The summed E-state index contributed by atoms with van der Waals surface area (Å²) in [5.74, 6) is 0.713. The molecule has 8 nitrogen and oxygen atoms in total. The van der Waals surface area contributed by atoms with Gasteiger partial charge in [-0.3, -0.25) is 4.98 Å². The van der Waals surface area contributed by atoms with E-state index in [4.69, 9.17) is 4.74 Å². The van der Waals surface area contributed by atoms with Crippen LogP contribution < -0.4 is 9.46 Å². The van der Waals surface area contributed by atoms with Gasteiger partial charge in [-0.25, -0.2) is 21.6 Å². The maximum absolute atomic E-state index is 12.7. The van der Waals surface area contributed by atoms with E-state index in [-0.39, 0.29) is 22.3 Å². The number of ether oxygens (including phenoxy) is 1. The number of hydrogen-bond acceptors (Lipinski definition) is 6. The van der Waals surface area contributed by atoms with Crippen molar-refractivity contribution in [2.24, 2.45) is 5.92 Å². The molecule has 30 heavy (non-hydrogen) atoms. The van der Waals surface area contributed by atoms with Gasteiger partial charge in [-0.2, -0.15) is 4.31 Å². The molecule has 2 aromatic rings. The number of rotatable bonds is 9. The molecule has 3 rings (SSSR count). The number of nitrogens with zero attached hydrogens (tertiary/aromatic N) is 2. The molecule has 1 saturated heterocycles. The average molecular weight is 454 g/mol. The van der Waals surface area contributed by atoms with E-state index in [9.17, 15) is 16.8 Å². The highest BCUT2D eigenvalue weighted by Gasteiger charge is 2.30. The molecular weight excluding hydrogens is 426 g/mol. The van der Waals surface area contributed by atoms with Gasteiger partial charge in [0.2, 0.25) is 20.0 Å². The third-order valence-electron chi connectivity index (χ3n) is 5.01. The van der Waals surface area contributed by atoms with Crippen LogP contribution in [0.2, 0.25) is 0 Å². The predicted molar refractivity (Wildman–Crippen MR) is 113 cm³/mol. The second-order valence-corrected chi connectivity index (χ2v) is 10.9. The van der Waals surface area contributed by atoms with Crippen molar-refractivity contribution in [1.29, 1.82) is 0 Å². The van der Waals surface area contributed by atoms with E-state index in [1.165, 1.54) is 34.9 Å². The van der Waals surface area contributed by atoms with Gasteiger partial charge in [0.25, 0.3) is 0 Å². The van der Waals surface area contributed by atoms with Crippen molar-refractivity contribution in [3.8, 4) is 5.75 Å². The Morgan fingerprint density at radius 1 is 1.07 bits per heavy atom. The molecule has 0 atom stereocenters. The summed E-state index contributed by atoms with van der Waals surface area (Å²) in [6.07, 6.45) is 4.93. The number of piperidine rings is 1. The monoisotopic (exact) mass is 453 g/mol. The van der Waals surface area contributed by atoms with Crippen molar-refractivity contribution >= 4 is 20.0 Å². The zero-order valence-corrected chi connectivity index (χ0v) is 18.5. The first-order valence-corrected chi connectivity index (χ1v) is 12.9. The van der Waals surface area contributed by atoms with E-state index in [1.807, 2.05) is 6.92 Å². The number of sulfonamides is 2. The summed E-state index contributed by atoms with van der Waals surface area (Å²) < 4.78 is 59.9. The van der Waals surface area contributed by atoms with Crippen molar-refractivity contribution in [1.82, 2.24) is 14.0 Å². The molecule has 0 aliphatic carbocycles. The fourth-order valence-corrected chi connectivity index (χ4v) is 5.80. The van der Waals surface area contributed by atoms with Gasteiger partial charge in [0.15, 0.2) is 0 Å². The fourth-order valence-electron chi connectivity index (χ4n) is 3.25. The molecule has 0 amide bonds. The van der Waals surface area contributed by atoms with Crippen molar-refractivity contribution in [2.75, 3.05) is 26.2 Å². The molecule has 1 N–H and O–H groups in total. The number of nitrogens with one attached hydrogen (secondary N) is 1. The topological polar surface area (TPSA) is 106 Å². The molecule has 164 valence electrons. The molecule has 10 heteroatoms. The summed E-state index contributed by atoms with van der Waals surface area (Å²) in [4.78, 5) is 4.24. The van der Waals surface area contributed by atoms with Gasteiger partial charge in [0, 0.05) is 32.0 Å². The Labute approximate surface area is 178 Å². The molecule has 2 heterocycles. The van der Waals surface area contributed by atoms with Gasteiger partial charge >= 0.3 is 0 Å². The molecule has 1 aliphatic rings. The standard InChI is InChI=1S/C20H27N3O5S2/c1-2-14-28-18-5-7-19(8-6-18)29(24,25)22-15-17-9-12-23(13-10-17)30(26,27)20-4-3-11-21-16-20/h3-8,11,16-17,22H,2,9-10,12-15H2,1H3. The highest BCUT2D eigenvalue weighted by Crippen LogP contribution is 2.23. The van der Waals surface area contributed by atoms with E-state index in [1.54, 1.807) is 18.2 Å². The zero-order valence-electron chi connectivity index (χ0n) is 16.9. The molecule has 0 bridgehead atoms. The number of aromatic nitrogens is 1. The average Bonchev–Trinajstić information content (AvgIpc) is 2.77. The summed E-state index contributed by atoms with van der Waals surface area (Å²) >= 11 is 0. The second-order valence-electron chi connectivity index (χ2n) is 7.21. The lowest BCUT2D eigenvalue weighted by Gasteiger charge is -2.31. The van der Waals surface area contributed by atoms with Crippen LogP contribution >= 0.6 is 0 Å². The second kappa shape index (κ2) is 9.86. The molecule has 0 spiro atoms. The van der Waals surface area contributed by atoms with Crippen molar-refractivity contribution in [2.45, 2.75) is 36.0 Å². The Morgan fingerprint density at radius 2 is 1.77 bits per heavy atom. The summed E-state index contributed by atoms with van der Waals surface area (Å²) in [5.41, 5.74) is 0. The molecular formula is C20H27N3O5S2. The third-order valence-corrected chi connectivity index (χ3v) is 8.34. The quantitative estimate of drug-likeness (QED) is 0.624. The normalized spacial score (nSPS) is 16.4. The van der Waals surface area contributed by atoms with Crippen LogP contribution in [0.1, 0.15) is 26.2 Å². The van der Waals surface area contributed by atoms with E-state index < -0.39 is 20.0 Å². The van der Waals surface area contributed by atoms with Gasteiger partial charge in [-0.1, -0.05) is 6.92 Å². The van der Waals surface area contributed by atoms with E-state index in [2.05, 4.69) is 9.71 Å². The molecule has 1 aromatic heterocycles. The number of pyridine rings is 1. The largest absolute Gasteiger partial charge is 0.494 e. The Morgan fingerprint density at radius 3 is 2.37 bits per heavy atom. The Kier molecular flexibility index (Phi) is 7.45. The lowest BCUT2D eigenvalue weighted by Crippen LogP contribution is -2.41. The first-order valence-electron chi connectivity index (χ1n) is 9.95. The van der Waals surface area contributed by atoms with E-state index in [0.29, 0.717) is 38.3 Å². The molecule has 1 fully saturated rings.